The fourth-order valence-electron chi connectivity index (χ4n) is 1.34. The van der Waals surface area contributed by atoms with E-state index in [-0.39, 0.29) is 12.6 Å². The molecule has 0 heterocycles. The second-order valence-electron chi connectivity index (χ2n) is 3.62. The van der Waals surface area contributed by atoms with Gasteiger partial charge < -0.3 is 4.79 Å². The van der Waals surface area contributed by atoms with E-state index in [4.69, 9.17) is 0 Å². The third-order valence-corrected chi connectivity index (χ3v) is 2.79. The number of aldehydes is 1. The van der Waals surface area contributed by atoms with E-state index in [1.54, 1.807) is 0 Å². The third-order valence-electron chi connectivity index (χ3n) is 1.96. The van der Waals surface area contributed by atoms with Gasteiger partial charge in [0.1, 0.15) is 17.9 Å². The Kier molecular flexibility index (Phi) is 6.10. The van der Waals surface area contributed by atoms with Gasteiger partial charge in [-0.3, -0.25) is 0 Å². The molecule has 0 spiro atoms. The highest BCUT2D eigenvalue weighted by Gasteiger charge is 2.06. The van der Waals surface area contributed by atoms with Crippen molar-refractivity contribution in [3.63, 3.8) is 0 Å². The van der Waals surface area contributed by atoms with Gasteiger partial charge in [0.2, 0.25) is 0 Å². The highest BCUT2D eigenvalue weighted by atomic mass is 32.2. The van der Waals surface area contributed by atoms with Gasteiger partial charge in [0.05, 0.1) is 6.54 Å². The number of carbonyl (C=O) groups is 1. The number of hydrogen-bond acceptors (Lipinski definition) is 4. The van der Waals surface area contributed by atoms with E-state index in [1.807, 2.05) is 6.92 Å². The molecular weight excluding hydrogens is 246 g/mol. The summed E-state index contributed by atoms with van der Waals surface area (Å²) in [7, 11) is 0. The van der Waals surface area contributed by atoms with Gasteiger partial charge >= 0.3 is 0 Å². The van der Waals surface area contributed by atoms with Gasteiger partial charge in [0, 0.05) is 24.2 Å². The topological polar surface area (TPSA) is 41.1 Å². The van der Waals surface area contributed by atoms with E-state index in [0.717, 1.165) is 12.4 Å². The number of nitrogens with one attached hydrogen (secondary N) is 2. The number of carbonyl (C=O) groups excluding carboxylic acids is 1. The summed E-state index contributed by atoms with van der Waals surface area (Å²) in [4.78, 5) is 10.0. The zero-order valence-electron chi connectivity index (χ0n) is 9.37. The summed E-state index contributed by atoms with van der Waals surface area (Å²) in [5, 5.41) is 0. The molecule has 1 aromatic rings. The SMILES string of the molecule is CC(Cc1cc(F)cc(F)c1)NSNCC=O. The molecule has 94 valence electrons. The fourth-order valence-corrected chi connectivity index (χ4v) is 1.86. The largest absolute Gasteiger partial charge is 0.302 e. The first-order valence-corrected chi connectivity index (χ1v) is 5.96. The number of halogens is 2. The predicted molar refractivity (Wildman–Crippen MR) is 64.3 cm³/mol. The van der Waals surface area contributed by atoms with E-state index in [1.165, 1.54) is 24.3 Å². The van der Waals surface area contributed by atoms with Crippen molar-refractivity contribution in [3.8, 4) is 0 Å². The van der Waals surface area contributed by atoms with Crippen molar-refractivity contribution in [1.29, 1.82) is 0 Å². The Morgan fingerprint density at radius 3 is 2.59 bits per heavy atom. The molecule has 1 atom stereocenters. The lowest BCUT2D eigenvalue weighted by molar-refractivity contribution is -0.106. The van der Waals surface area contributed by atoms with Gasteiger partial charge in [-0.15, -0.1) is 0 Å². The summed E-state index contributed by atoms with van der Waals surface area (Å²) in [5.41, 5.74) is 0.596. The lowest BCUT2D eigenvalue weighted by Gasteiger charge is -2.12. The van der Waals surface area contributed by atoms with Crippen LogP contribution in [0.2, 0.25) is 0 Å². The Morgan fingerprint density at radius 2 is 2.00 bits per heavy atom. The molecule has 1 rings (SSSR count). The van der Waals surface area contributed by atoms with E-state index < -0.39 is 11.6 Å². The molecule has 0 radical (unpaired) electrons. The van der Waals surface area contributed by atoms with Crippen LogP contribution in [-0.2, 0) is 11.2 Å². The lowest BCUT2D eigenvalue weighted by Crippen LogP contribution is -2.26. The lowest BCUT2D eigenvalue weighted by atomic mass is 10.1. The molecule has 0 fully saturated rings. The Hall–Kier alpha value is -0.980. The van der Waals surface area contributed by atoms with E-state index in [9.17, 15) is 13.6 Å². The molecule has 0 aliphatic rings. The minimum Gasteiger partial charge on any atom is -0.302 e. The van der Waals surface area contributed by atoms with Crippen LogP contribution in [0.4, 0.5) is 8.78 Å². The molecule has 0 aliphatic carbocycles. The van der Waals surface area contributed by atoms with Crippen LogP contribution in [-0.4, -0.2) is 18.9 Å². The van der Waals surface area contributed by atoms with E-state index in [0.29, 0.717) is 12.0 Å². The number of hydrogen-bond donors (Lipinski definition) is 2. The fraction of sp³-hybridized carbons (Fsp3) is 0.364. The zero-order chi connectivity index (χ0) is 12.7. The first-order valence-electron chi connectivity index (χ1n) is 5.14. The van der Waals surface area contributed by atoms with Crippen molar-refractivity contribution >= 4 is 18.4 Å². The van der Waals surface area contributed by atoms with Crippen molar-refractivity contribution in [2.45, 2.75) is 19.4 Å². The van der Waals surface area contributed by atoms with Crippen molar-refractivity contribution < 1.29 is 13.6 Å². The maximum atomic E-state index is 12.9. The normalized spacial score (nSPS) is 12.4. The van der Waals surface area contributed by atoms with Crippen LogP contribution in [0.15, 0.2) is 18.2 Å². The molecule has 0 bridgehead atoms. The van der Waals surface area contributed by atoms with Crippen molar-refractivity contribution in [2.75, 3.05) is 6.54 Å². The number of rotatable bonds is 7. The van der Waals surface area contributed by atoms with Gasteiger partial charge in [-0.1, -0.05) is 0 Å². The molecule has 1 aromatic carbocycles. The molecule has 0 amide bonds. The predicted octanol–water partition coefficient (Wildman–Crippen LogP) is 1.84. The third kappa shape index (κ3) is 5.76. The summed E-state index contributed by atoms with van der Waals surface area (Å²) < 4.78 is 31.6. The maximum Gasteiger partial charge on any atom is 0.134 e. The second-order valence-corrected chi connectivity index (χ2v) is 4.35. The minimum absolute atomic E-state index is 0.0281. The number of benzene rings is 1. The van der Waals surface area contributed by atoms with Crippen LogP contribution in [0.5, 0.6) is 0 Å². The Balaban J connectivity index is 2.39. The second kappa shape index (κ2) is 7.37. The molecule has 17 heavy (non-hydrogen) atoms. The van der Waals surface area contributed by atoms with Crippen LogP contribution >= 0.6 is 12.1 Å². The molecule has 0 aliphatic heterocycles. The van der Waals surface area contributed by atoms with Gasteiger partial charge in [-0.2, -0.15) is 0 Å². The molecule has 0 saturated carbocycles. The van der Waals surface area contributed by atoms with Crippen molar-refractivity contribution in [3.05, 3.63) is 35.4 Å². The molecule has 0 aromatic heterocycles. The monoisotopic (exact) mass is 260 g/mol. The van der Waals surface area contributed by atoms with Crippen LogP contribution in [0.25, 0.3) is 0 Å². The Morgan fingerprint density at radius 1 is 1.35 bits per heavy atom. The molecule has 0 saturated heterocycles. The Bertz CT molecular complexity index is 356. The van der Waals surface area contributed by atoms with Gasteiger partial charge in [-0.25, -0.2) is 18.2 Å². The van der Waals surface area contributed by atoms with E-state index in [2.05, 4.69) is 9.44 Å². The molecule has 2 N–H and O–H groups in total. The summed E-state index contributed by atoms with van der Waals surface area (Å²) in [6.45, 7) is 2.14. The maximum absolute atomic E-state index is 12.9. The van der Waals surface area contributed by atoms with Gasteiger partial charge in [0.15, 0.2) is 0 Å². The molecule has 6 heteroatoms. The van der Waals surface area contributed by atoms with Gasteiger partial charge in [-0.05, 0) is 31.0 Å². The molecular formula is C11H14F2N2OS. The van der Waals surface area contributed by atoms with Crippen molar-refractivity contribution in [2.24, 2.45) is 0 Å². The zero-order valence-corrected chi connectivity index (χ0v) is 10.2. The summed E-state index contributed by atoms with van der Waals surface area (Å²) in [6.07, 6.45) is 1.26. The van der Waals surface area contributed by atoms with Crippen LogP contribution < -0.4 is 9.44 Å². The average Bonchev–Trinajstić information content (AvgIpc) is 2.23. The highest BCUT2D eigenvalue weighted by Crippen LogP contribution is 2.10. The minimum atomic E-state index is -0.570. The Labute approximate surface area is 103 Å². The smallest absolute Gasteiger partial charge is 0.134 e. The first kappa shape index (κ1) is 14.1. The van der Waals surface area contributed by atoms with Gasteiger partial charge in [0.25, 0.3) is 0 Å². The highest BCUT2D eigenvalue weighted by molar-refractivity contribution is 7.95. The van der Waals surface area contributed by atoms with Crippen LogP contribution in [0.1, 0.15) is 12.5 Å². The quantitative estimate of drug-likeness (QED) is 0.446. The van der Waals surface area contributed by atoms with Crippen molar-refractivity contribution in [1.82, 2.24) is 9.44 Å². The van der Waals surface area contributed by atoms with Crippen LogP contribution in [0.3, 0.4) is 0 Å². The first-order chi connectivity index (χ1) is 8.11. The van der Waals surface area contributed by atoms with Crippen LogP contribution in [0, 0.1) is 11.6 Å². The summed E-state index contributed by atoms with van der Waals surface area (Å²) >= 11 is 1.19. The molecule has 3 nitrogen and oxygen atoms in total. The summed E-state index contributed by atoms with van der Waals surface area (Å²) in [5.74, 6) is -1.14. The summed E-state index contributed by atoms with van der Waals surface area (Å²) in [6, 6.07) is 3.50. The van der Waals surface area contributed by atoms with E-state index >= 15 is 0 Å². The standard InChI is InChI=1S/C11H14F2N2OS/c1-8(15-17-14-2-3-16)4-9-5-10(12)7-11(13)6-9/h3,5-8,14-15H,2,4H2,1H3. The average molecular weight is 260 g/mol. The molecule has 1 unspecified atom stereocenters.